The molecule has 2 N–H and O–H groups in total. The maximum absolute atomic E-state index is 11.8. The first-order valence-corrected chi connectivity index (χ1v) is 12.2. The summed E-state index contributed by atoms with van der Waals surface area (Å²) >= 11 is 7.38. The smallest absolute Gasteiger partial charge is 0.312 e. The maximum atomic E-state index is 11.8. The zero-order valence-corrected chi connectivity index (χ0v) is 20.6. The largest absolute Gasteiger partial charge is 0.502 e. The fourth-order valence-electron chi connectivity index (χ4n) is 3.67. The van der Waals surface area contributed by atoms with Gasteiger partial charge in [-0.2, -0.15) is 5.10 Å². The van der Waals surface area contributed by atoms with E-state index in [-0.39, 0.29) is 23.1 Å². The molecule has 1 aromatic heterocycles. The van der Waals surface area contributed by atoms with Gasteiger partial charge < -0.3 is 15.2 Å². The Bertz CT molecular complexity index is 1610. The van der Waals surface area contributed by atoms with E-state index < -0.39 is 16.4 Å². The highest BCUT2D eigenvalue weighted by atomic mass is 35.5. The predicted molar refractivity (Wildman–Crippen MR) is 140 cm³/mol. The number of carbonyl (C=O) groups is 1. The normalized spacial score (nSPS) is 13.3. The van der Waals surface area contributed by atoms with Crippen LogP contribution in [0.15, 0.2) is 76.1 Å². The quantitative estimate of drug-likeness (QED) is 0.208. The molecule has 0 atom stereocenters. The minimum atomic E-state index is -0.716. The number of thiazole rings is 1. The number of halogens is 1. The average molecular weight is 536 g/mol. The number of phenols is 1. The third-order valence-corrected chi connectivity index (χ3v) is 6.50. The van der Waals surface area contributed by atoms with Gasteiger partial charge in [0.05, 0.1) is 29.1 Å². The summed E-state index contributed by atoms with van der Waals surface area (Å²) in [5.74, 6) is -0.247. The van der Waals surface area contributed by atoms with E-state index in [1.165, 1.54) is 23.6 Å². The topological polar surface area (TPSA) is 131 Å². The Morgan fingerprint density at radius 2 is 2.03 bits per heavy atom. The summed E-state index contributed by atoms with van der Waals surface area (Å²) in [6.07, 6.45) is 1.29. The van der Waals surface area contributed by atoms with Crippen molar-refractivity contribution in [2.45, 2.75) is 6.54 Å². The summed E-state index contributed by atoms with van der Waals surface area (Å²) in [6.45, 7) is 0.352. The van der Waals surface area contributed by atoms with Gasteiger partial charge in [0.25, 0.3) is 5.91 Å². The van der Waals surface area contributed by atoms with Crippen LogP contribution in [0.5, 0.6) is 11.5 Å². The molecule has 0 bridgehead atoms. The lowest BCUT2D eigenvalue weighted by molar-refractivity contribution is -0.385. The highest BCUT2D eigenvalue weighted by Gasteiger charge is 2.19. The third kappa shape index (κ3) is 5.22. The number of rotatable bonds is 6. The summed E-state index contributed by atoms with van der Waals surface area (Å²) in [7, 11) is 0. The first kappa shape index (κ1) is 24.2. The lowest BCUT2D eigenvalue weighted by atomic mass is 10.1. The SMILES string of the molecule is O=C1COc2ccc(-c3csc(=NCc4ccccc4)n3N=Cc3cc(Cl)cc([N+](=O)[O-])c3O)cc2N1. The van der Waals surface area contributed by atoms with Crippen LogP contribution in [-0.4, -0.2) is 33.4 Å². The van der Waals surface area contributed by atoms with E-state index in [0.717, 1.165) is 17.2 Å². The molecule has 0 spiro atoms. The Morgan fingerprint density at radius 3 is 2.81 bits per heavy atom. The van der Waals surface area contributed by atoms with Gasteiger partial charge in [-0.15, -0.1) is 11.3 Å². The van der Waals surface area contributed by atoms with Crippen molar-refractivity contribution in [3.05, 3.63) is 97.1 Å². The zero-order valence-electron chi connectivity index (χ0n) is 19.0. The molecule has 37 heavy (non-hydrogen) atoms. The number of hydrogen-bond donors (Lipinski definition) is 2. The lowest BCUT2D eigenvalue weighted by Gasteiger charge is -2.18. The molecule has 186 valence electrons. The molecule has 1 aliphatic rings. The Hall–Kier alpha value is -4.48. The number of aromatic hydroxyl groups is 1. The second kappa shape index (κ2) is 10.2. The van der Waals surface area contributed by atoms with Crippen molar-refractivity contribution < 1.29 is 19.6 Å². The molecule has 10 nitrogen and oxygen atoms in total. The number of carbonyl (C=O) groups excluding carboxylic acids is 1. The van der Waals surface area contributed by atoms with Crippen molar-refractivity contribution in [1.29, 1.82) is 0 Å². The van der Waals surface area contributed by atoms with E-state index in [4.69, 9.17) is 21.3 Å². The van der Waals surface area contributed by atoms with Gasteiger partial charge in [-0.25, -0.2) is 4.68 Å². The Labute approximate surface area is 218 Å². The number of benzene rings is 3. The van der Waals surface area contributed by atoms with Gasteiger partial charge in [0.1, 0.15) is 5.75 Å². The molecule has 3 aromatic carbocycles. The van der Waals surface area contributed by atoms with E-state index in [1.807, 2.05) is 41.8 Å². The number of nitrogens with zero attached hydrogens (tertiary/aromatic N) is 4. The molecule has 12 heteroatoms. The van der Waals surface area contributed by atoms with E-state index in [9.17, 15) is 20.0 Å². The van der Waals surface area contributed by atoms with Crippen molar-refractivity contribution in [3.8, 4) is 22.8 Å². The van der Waals surface area contributed by atoms with Gasteiger partial charge in [-0.1, -0.05) is 41.9 Å². The monoisotopic (exact) mass is 535 g/mol. The number of phenolic OH excluding ortho intramolecular Hbond substituents is 1. The minimum absolute atomic E-state index is 0.0487. The van der Waals surface area contributed by atoms with Crippen LogP contribution >= 0.6 is 22.9 Å². The van der Waals surface area contributed by atoms with Crippen LogP contribution in [0.3, 0.4) is 0 Å². The van der Waals surface area contributed by atoms with Crippen LogP contribution < -0.4 is 14.9 Å². The molecule has 0 saturated carbocycles. The van der Waals surface area contributed by atoms with Gasteiger partial charge in [0.2, 0.25) is 10.6 Å². The van der Waals surface area contributed by atoms with Gasteiger partial charge in [-0.05, 0) is 29.8 Å². The number of nitro groups is 1. The van der Waals surface area contributed by atoms with Gasteiger partial charge in [-0.3, -0.25) is 19.9 Å². The van der Waals surface area contributed by atoms with Gasteiger partial charge in [0, 0.05) is 27.6 Å². The van der Waals surface area contributed by atoms with Crippen molar-refractivity contribution in [3.63, 3.8) is 0 Å². The second-order valence-corrected chi connectivity index (χ2v) is 9.20. The van der Waals surface area contributed by atoms with Crippen molar-refractivity contribution in [1.82, 2.24) is 4.68 Å². The van der Waals surface area contributed by atoms with Crippen LogP contribution in [-0.2, 0) is 11.3 Å². The van der Waals surface area contributed by atoms with Gasteiger partial charge in [0.15, 0.2) is 6.61 Å². The van der Waals surface area contributed by atoms with E-state index in [2.05, 4.69) is 10.4 Å². The first-order valence-electron chi connectivity index (χ1n) is 10.9. The van der Waals surface area contributed by atoms with E-state index >= 15 is 0 Å². The molecule has 1 aliphatic heterocycles. The van der Waals surface area contributed by atoms with Crippen LogP contribution in [0.2, 0.25) is 5.02 Å². The minimum Gasteiger partial charge on any atom is -0.502 e. The maximum Gasteiger partial charge on any atom is 0.312 e. The fourth-order valence-corrected chi connectivity index (χ4v) is 4.72. The van der Waals surface area contributed by atoms with Crippen molar-refractivity contribution >= 4 is 46.4 Å². The summed E-state index contributed by atoms with van der Waals surface area (Å²) < 4.78 is 7.01. The number of nitrogens with one attached hydrogen (secondary N) is 1. The molecule has 0 radical (unpaired) electrons. The Balaban J connectivity index is 1.61. The second-order valence-electron chi connectivity index (χ2n) is 7.93. The Morgan fingerprint density at radius 1 is 1.22 bits per heavy atom. The first-order chi connectivity index (χ1) is 17.9. The third-order valence-electron chi connectivity index (χ3n) is 5.43. The number of fused-ring (bicyclic) bond motifs is 1. The van der Waals surface area contributed by atoms with Crippen LogP contribution in [0, 0.1) is 10.1 Å². The molecule has 0 saturated heterocycles. The summed E-state index contributed by atoms with van der Waals surface area (Å²) in [5.41, 5.74) is 2.45. The van der Waals surface area contributed by atoms with Crippen LogP contribution in [0.25, 0.3) is 11.3 Å². The standard InChI is InChI=1S/C25H18ClN5O5S/c26-18-8-17(24(33)20(10-18)31(34)35)12-28-30-21(14-37-25(30)27-11-15-4-2-1-3-5-15)16-6-7-22-19(9-16)29-23(32)13-36-22/h1-10,12,14,33H,11,13H2,(H,29,32). The number of aromatic nitrogens is 1. The molecule has 1 amide bonds. The highest BCUT2D eigenvalue weighted by Crippen LogP contribution is 2.34. The molecule has 0 aliphatic carbocycles. The number of ether oxygens (including phenoxy) is 1. The van der Waals surface area contributed by atoms with Gasteiger partial charge >= 0.3 is 5.69 Å². The molecule has 4 aromatic rings. The molecule has 2 heterocycles. The van der Waals surface area contributed by atoms with E-state index in [1.54, 1.807) is 16.8 Å². The average Bonchev–Trinajstić information content (AvgIpc) is 3.30. The van der Waals surface area contributed by atoms with Crippen molar-refractivity contribution in [2.24, 2.45) is 10.1 Å². The fraction of sp³-hybridized carbons (Fsp3) is 0.0800. The number of anilines is 1. The molecular weight excluding hydrogens is 518 g/mol. The Kier molecular flexibility index (Phi) is 6.71. The predicted octanol–water partition coefficient (Wildman–Crippen LogP) is 4.80. The molecule has 5 rings (SSSR count). The summed E-state index contributed by atoms with van der Waals surface area (Å²) in [6, 6.07) is 17.5. The molecular formula is C25H18ClN5O5S. The van der Waals surface area contributed by atoms with E-state index in [0.29, 0.717) is 28.5 Å². The zero-order chi connectivity index (χ0) is 25.9. The molecule has 0 fully saturated rings. The summed E-state index contributed by atoms with van der Waals surface area (Å²) in [5, 5.41) is 30.9. The van der Waals surface area contributed by atoms with Crippen LogP contribution in [0.1, 0.15) is 11.1 Å². The number of amides is 1. The number of nitro benzene ring substituents is 1. The van der Waals surface area contributed by atoms with Crippen LogP contribution in [0.4, 0.5) is 11.4 Å². The molecule has 0 unspecified atom stereocenters. The van der Waals surface area contributed by atoms with Crippen molar-refractivity contribution in [2.75, 3.05) is 11.9 Å². The number of hydrogen-bond acceptors (Lipinski definition) is 8. The summed E-state index contributed by atoms with van der Waals surface area (Å²) in [4.78, 5) is 27.6. The lowest BCUT2D eigenvalue weighted by Crippen LogP contribution is -2.25. The highest BCUT2D eigenvalue weighted by molar-refractivity contribution is 7.07.